The maximum atomic E-state index is 13.3. The van der Waals surface area contributed by atoms with Gasteiger partial charge in [-0.05, 0) is 36.8 Å². The van der Waals surface area contributed by atoms with E-state index in [2.05, 4.69) is 10.5 Å². The molecule has 0 radical (unpaired) electrons. The third-order valence-electron chi connectivity index (χ3n) is 2.79. The predicted octanol–water partition coefficient (Wildman–Crippen LogP) is 3.32. The number of amides is 1. The Bertz CT molecular complexity index is 704. The summed E-state index contributed by atoms with van der Waals surface area (Å²) < 4.78 is 18.7. The van der Waals surface area contributed by atoms with E-state index in [1.54, 1.807) is 36.4 Å². The molecule has 0 heterocycles. The van der Waals surface area contributed by atoms with Crippen LogP contribution in [0.3, 0.4) is 0 Å². The Morgan fingerprint density at radius 3 is 2.86 bits per heavy atom. The second kappa shape index (κ2) is 7.56. The molecule has 0 saturated carbocycles. The summed E-state index contributed by atoms with van der Waals surface area (Å²) in [5, 5.41) is 4.29. The fraction of sp³-hybridized carbons (Fsp3) is 0.125. The van der Waals surface area contributed by atoms with Gasteiger partial charge in [-0.3, -0.25) is 4.79 Å². The smallest absolute Gasteiger partial charge is 0.277 e. The number of aryl methyl sites for hydroxylation is 1. The standard InChI is InChI=1S/C16H14ClFN2O2/c1-11-8-13(17)6-7-15(11)22-10-16(21)20-19-9-12-4-2-3-5-14(12)18/h2-9H,10H2,1H3,(H,20,21)/b19-9+. The molecule has 1 N–H and O–H groups in total. The molecule has 0 bridgehead atoms. The van der Waals surface area contributed by atoms with Crippen molar-refractivity contribution >= 4 is 23.7 Å². The summed E-state index contributed by atoms with van der Waals surface area (Å²) in [5.74, 6) is -0.284. The fourth-order valence-electron chi connectivity index (χ4n) is 1.70. The van der Waals surface area contributed by atoms with Gasteiger partial charge in [-0.2, -0.15) is 5.10 Å². The number of ether oxygens (including phenoxy) is 1. The summed E-state index contributed by atoms with van der Waals surface area (Å²) >= 11 is 5.83. The number of carbonyl (C=O) groups excluding carboxylic acids is 1. The molecule has 114 valence electrons. The van der Waals surface area contributed by atoms with Gasteiger partial charge in [0.15, 0.2) is 6.61 Å². The number of hydrogen-bond donors (Lipinski definition) is 1. The fourth-order valence-corrected chi connectivity index (χ4v) is 1.93. The van der Waals surface area contributed by atoms with Crippen LogP contribution in [0.1, 0.15) is 11.1 Å². The maximum Gasteiger partial charge on any atom is 0.277 e. The molecule has 0 aliphatic rings. The van der Waals surface area contributed by atoms with Crippen LogP contribution >= 0.6 is 11.6 Å². The van der Waals surface area contributed by atoms with Crippen LogP contribution in [0.2, 0.25) is 5.02 Å². The van der Waals surface area contributed by atoms with Crippen LogP contribution in [0.4, 0.5) is 4.39 Å². The van der Waals surface area contributed by atoms with Crippen LogP contribution in [0, 0.1) is 12.7 Å². The molecular formula is C16H14ClFN2O2. The lowest BCUT2D eigenvalue weighted by Crippen LogP contribution is -2.24. The van der Waals surface area contributed by atoms with Crippen molar-refractivity contribution in [2.24, 2.45) is 5.10 Å². The summed E-state index contributed by atoms with van der Waals surface area (Å²) in [4.78, 5) is 11.6. The van der Waals surface area contributed by atoms with Gasteiger partial charge in [0.25, 0.3) is 5.91 Å². The molecular weight excluding hydrogens is 307 g/mol. The molecule has 6 heteroatoms. The van der Waals surface area contributed by atoms with Gasteiger partial charge in [-0.25, -0.2) is 9.82 Å². The van der Waals surface area contributed by atoms with Crippen molar-refractivity contribution in [2.75, 3.05) is 6.61 Å². The van der Waals surface area contributed by atoms with E-state index in [9.17, 15) is 9.18 Å². The van der Waals surface area contributed by atoms with Crippen LogP contribution in [0.5, 0.6) is 5.75 Å². The van der Waals surface area contributed by atoms with Gasteiger partial charge in [0, 0.05) is 10.6 Å². The highest BCUT2D eigenvalue weighted by Gasteiger charge is 2.04. The lowest BCUT2D eigenvalue weighted by molar-refractivity contribution is -0.123. The van der Waals surface area contributed by atoms with Crippen LogP contribution in [-0.4, -0.2) is 18.7 Å². The lowest BCUT2D eigenvalue weighted by Gasteiger charge is -2.08. The van der Waals surface area contributed by atoms with E-state index in [1.165, 1.54) is 12.3 Å². The van der Waals surface area contributed by atoms with E-state index >= 15 is 0 Å². The zero-order valence-electron chi connectivity index (χ0n) is 11.8. The third kappa shape index (κ3) is 4.56. The monoisotopic (exact) mass is 320 g/mol. The van der Waals surface area contributed by atoms with Crippen LogP contribution in [-0.2, 0) is 4.79 Å². The Morgan fingerprint density at radius 1 is 1.36 bits per heavy atom. The maximum absolute atomic E-state index is 13.3. The van der Waals surface area contributed by atoms with Gasteiger partial charge in [0.1, 0.15) is 11.6 Å². The summed E-state index contributed by atoms with van der Waals surface area (Å²) in [7, 11) is 0. The molecule has 0 spiro atoms. The minimum atomic E-state index is -0.443. The summed E-state index contributed by atoms with van der Waals surface area (Å²) in [6, 6.07) is 11.2. The molecule has 0 saturated heterocycles. The number of rotatable bonds is 5. The van der Waals surface area contributed by atoms with Gasteiger partial charge in [-0.15, -0.1) is 0 Å². The molecule has 2 aromatic carbocycles. The number of benzene rings is 2. The molecule has 4 nitrogen and oxygen atoms in total. The first-order chi connectivity index (χ1) is 10.6. The highest BCUT2D eigenvalue weighted by Crippen LogP contribution is 2.21. The first-order valence-corrected chi connectivity index (χ1v) is 6.89. The zero-order chi connectivity index (χ0) is 15.9. The van der Waals surface area contributed by atoms with Gasteiger partial charge >= 0.3 is 0 Å². The number of nitrogens with one attached hydrogen (secondary N) is 1. The molecule has 2 rings (SSSR count). The van der Waals surface area contributed by atoms with Gasteiger partial charge in [-0.1, -0.05) is 29.8 Å². The minimum absolute atomic E-state index is 0.197. The summed E-state index contributed by atoms with van der Waals surface area (Å²) in [6.07, 6.45) is 1.24. The van der Waals surface area contributed by atoms with E-state index in [0.717, 1.165) is 5.56 Å². The number of carbonyl (C=O) groups is 1. The third-order valence-corrected chi connectivity index (χ3v) is 3.03. The topological polar surface area (TPSA) is 50.7 Å². The van der Waals surface area contributed by atoms with E-state index < -0.39 is 11.7 Å². The Labute approximate surface area is 132 Å². The number of halogens is 2. The molecule has 0 fully saturated rings. The second-order valence-corrected chi connectivity index (χ2v) is 4.95. The molecule has 0 atom stereocenters. The molecule has 2 aromatic rings. The largest absolute Gasteiger partial charge is 0.483 e. The Morgan fingerprint density at radius 2 is 2.14 bits per heavy atom. The zero-order valence-corrected chi connectivity index (χ0v) is 12.6. The molecule has 1 amide bonds. The Balaban J connectivity index is 1.84. The minimum Gasteiger partial charge on any atom is -0.483 e. The second-order valence-electron chi connectivity index (χ2n) is 4.51. The van der Waals surface area contributed by atoms with Gasteiger partial charge in [0.05, 0.1) is 6.21 Å². The highest BCUT2D eigenvalue weighted by atomic mass is 35.5. The number of nitrogens with zero attached hydrogens (tertiary/aromatic N) is 1. The van der Waals surface area contributed by atoms with Crippen molar-refractivity contribution in [1.29, 1.82) is 0 Å². The van der Waals surface area contributed by atoms with E-state index in [1.807, 2.05) is 6.92 Å². The van der Waals surface area contributed by atoms with E-state index in [4.69, 9.17) is 16.3 Å². The molecule has 0 unspecified atom stereocenters. The quantitative estimate of drug-likeness (QED) is 0.678. The molecule has 0 aliphatic heterocycles. The van der Waals surface area contributed by atoms with Crippen molar-refractivity contribution < 1.29 is 13.9 Å². The van der Waals surface area contributed by atoms with Crippen molar-refractivity contribution in [3.05, 3.63) is 64.4 Å². The van der Waals surface area contributed by atoms with Gasteiger partial charge in [0.2, 0.25) is 0 Å². The molecule has 0 aromatic heterocycles. The Hall–Kier alpha value is -2.40. The van der Waals surface area contributed by atoms with Crippen LogP contribution < -0.4 is 10.2 Å². The molecule has 22 heavy (non-hydrogen) atoms. The first-order valence-electron chi connectivity index (χ1n) is 6.51. The number of hydrogen-bond acceptors (Lipinski definition) is 3. The van der Waals surface area contributed by atoms with Crippen molar-refractivity contribution in [3.63, 3.8) is 0 Å². The SMILES string of the molecule is Cc1cc(Cl)ccc1OCC(=O)N/N=C/c1ccccc1F. The summed E-state index contributed by atoms with van der Waals surface area (Å²) in [6.45, 7) is 1.63. The van der Waals surface area contributed by atoms with E-state index in [0.29, 0.717) is 10.8 Å². The van der Waals surface area contributed by atoms with Crippen LogP contribution in [0.15, 0.2) is 47.6 Å². The normalized spacial score (nSPS) is 10.7. The van der Waals surface area contributed by atoms with E-state index in [-0.39, 0.29) is 12.2 Å². The lowest BCUT2D eigenvalue weighted by atomic mass is 10.2. The van der Waals surface area contributed by atoms with Crippen molar-refractivity contribution in [1.82, 2.24) is 5.43 Å². The average molecular weight is 321 g/mol. The summed E-state index contributed by atoms with van der Waals surface area (Å²) in [5.41, 5.74) is 3.39. The van der Waals surface area contributed by atoms with Gasteiger partial charge < -0.3 is 4.74 Å². The average Bonchev–Trinajstić information content (AvgIpc) is 2.48. The van der Waals surface area contributed by atoms with Crippen molar-refractivity contribution in [3.8, 4) is 5.75 Å². The van der Waals surface area contributed by atoms with Crippen molar-refractivity contribution in [2.45, 2.75) is 6.92 Å². The van der Waals surface area contributed by atoms with Crippen LogP contribution in [0.25, 0.3) is 0 Å². The first kappa shape index (κ1) is 16.0. The molecule has 0 aliphatic carbocycles. The predicted molar refractivity (Wildman–Crippen MR) is 83.8 cm³/mol. The highest BCUT2D eigenvalue weighted by molar-refractivity contribution is 6.30. The number of hydrazone groups is 1. The Kier molecular flexibility index (Phi) is 5.49.